The Labute approximate surface area is 128 Å². The lowest BCUT2D eigenvalue weighted by atomic mass is 10.1. The molecule has 0 saturated carbocycles. The molecule has 8 nitrogen and oxygen atoms in total. The van der Waals surface area contributed by atoms with Gasteiger partial charge in [-0.3, -0.25) is 4.90 Å². The van der Waals surface area contributed by atoms with Crippen molar-refractivity contribution in [2.75, 3.05) is 25.5 Å². The average Bonchev–Trinajstić information content (AvgIpc) is 2.93. The first kappa shape index (κ1) is 14.7. The van der Waals surface area contributed by atoms with E-state index < -0.39 is 0 Å². The minimum Gasteiger partial charge on any atom is -0.481 e. The van der Waals surface area contributed by atoms with Gasteiger partial charge in [0, 0.05) is 31.8 Å². The van der Waals surface area contributed by atoms with Crippen LogP contribution in [-0.2, 0) is 6.54 Å². The molecule has 0 bridgehead atoms. The maximum absolute atomic E-state index is 5.12. The Morgan fingerprint density at radius 1 is 1.45 bits per heavy atom. The van der Waals surface area contributed by atoms with Gasteiger partial charge in [0.15, 0.2) is 5.82 Å². The van der Waals surface area contributed by atoms with Gasteiger partial charge >= 0.3 is 0 Å². The van der Waals surface area contributed by atoms with Crippen LogP contribution in [0.1, 0.15) is 24.6 Å². The first-order chi connectivity index (χ1) is 10.7. The van der Waals surface area contributed by atoms with Crippen LogP contribution in [0.25, 0.3) is 0 Å². The lowest BCUT2D eigenvalue weighted by molar-refractivity contribution is 0.201. The fourth-order valence-corrected chi connectivity index (χ4v) is 2.63. The van der Waals surface area contributed by atoms with E-state index in [1.54, 1.807) is 26.3 Å². The third kappa shape index (κ3) is 3.70. The zero-order valence-electron chi connectivity index (χ0n) is 12.8. The summed E-state index contributed by atoms with van der Waals surface area (Å²) in [7, 11) is 1.60. The number of nitrogens with one attached hydrogen (secondary N) is 1. The van der Waals surface area contributed by atoms with Crippen LogP contribution in [0.5, 0.6) is 5.88 Å². The highest BCUT2D eigenvalue weighted by molar-refractivity contribution is 5.29. The van der Waals surface area contributed by atoms with Gasteiger partial charge in [-0.1, -0.05) is 5.16 Å². The molecule has 3 heterocycles. The molecule has 1 aliphatic rings. The molecular weight excluding hydrogens is 284 g/mol. The summed E-state index contributed by atoms with van der Waals surface area (Å²) >= 11 is 0. The Balaban J connectivity index is 1.58. The van der Waals surface area contributed by atoms with E-state index in [9.17, 15) is 0 Å². The largest absolute Gasteiger partial charge is 0.481 e. The highest BCUT2D eigenvalue weighted by atomic mass is 16.5. The van der Waals surface area contributed by atoms with Crippen molar-refractivity contribution in [2.45, 2.75) is 32.4 Å². The Hall–Kier alpha value is -2.22. The van der Waals surface area contributed by atoms with Crippen molar-refractivity contribution >= 4 is 5.95 Å². The Bertz CT molecular complexity index is 617. The van der Waals surface area contributed by atoms with Crippen LogP contribution < -0.4 is 10.1 Å². The van der Waals surface area contributed by atoms with Gasteiger partial charge in [-0.15, -0.1) is 0 Å². The van der Waals surface area contributed by atoms with Crippen molar-refractivity contribution in [2.24, 2.45) is 0 Å². The highest BCUT2D eigenvalue weighted by Crippen LogP contribution is 2.16. The third-order valence-electron chi connectivity index (χ3n) is 3.61. The number of rotatable bonds is 5. The van der Waals surface area contributed by atoms with Crippen molar-refractivity contribution in [3.8, 4) is 5.88 Å². The smallest absolute Gasteiger partial charge is 0.226 e. The molecule has 0 aliphatic carbocycles. The van der Waals surface area contributed by atoms with E-state index in [1.807, 2.05) is 0 Å². The van der Waals surface area contributed by atoms with Crippen LogP contribution >= 0.6 is 0 Å². The van der Waals surface area contributed by atoms with Crippen molar-refractivity contribution in [3.05, 3.63) is 24.0 Å². The van der Waals surface area contributed by atoms with Gasteiger partial charge in [0.05, 0.1) is 13.7 Å². The number of hydrogen-bond acceptors (Lipinski definition) is 8. The molecule has 1 saturated heterocycles. The standard InChI is InChI=1S/C14H20N6O2/c1-10-16-12(19-22-10)9-20-7-3-4-11(8-20)17-14-15-6-5-13(18-14)21-2/h5-6,11H,3-4,7-9H2,1-2H3,(H,15,17,18)/t11-/m1/s1. The van der Waals surface area contributed by atoms with Crippen LogP contribution in [0.4, 0.5) is 5.95 Å². The first-order valence-electron chi connectivity index (χ1n) is 7.38. The fraction of sp³-hybridized carbons (Fsp3) is 0.571. The molecule has 1 atom stereocenters. The van der Waals surface area contributed by atoms with E-state index in [1.165, 1.54) is 0 Å². The summed E-state index contributed by atoms with van der Waals surface area (Å²) in [6.07, 6.45) is 3.89. The van der Waals surface area contributed by atoms with E-state index in [-0.39, 0.29) is 0 Å². The number of anilines is 1. The lowest BCUT2D eigenvalue weighted by Gasteiger charge is -2.32. The zero-order chi connectivity index (χ0) is 15.4. The maximum atomic E-state index is 5.12. The second-order valence-corrected chi connectivity index (χ2v) is 5.37. The topological polar surface area (TPSA) is 89.2 Å². The van der Waals surface area contributed by atoms with Gasteiger partial charge in [-0.05, 0) is 19.4 Å². The Kier molecular flexibility index (Phi) is 4.47. The number of likely N-dealkylation sites (tertiary alicyclic amines) is 1. The molecule has 1 aliphatic heterocycles. The average molecular weight is 304 g/mol. The summed E-state index contributed by atoms with van der Waals surface area (Å²) < 4.78 is 10.1. The number of ether oxygens (including phenoxy) is 1. The monoisotopic (exact) mass is 304 g/mol. The minimum atomic E-state index is 0.300. The van der Waals surface area contributed by atoms with Gasteiger partial charge in [0.25, 0.3) is 0 Å². The second kappa shape index (κ2) is 6.69. The summed E-state index contributed by atoms with van der Waals surface area (Å²) in [5, 5.41) is 7.32. The molecule has 118 valence electrons. The molecule has 0 aromatic carbocycles. The fourth-order valence-electron chi connectivity index (χ4n) is 2.63. The number of aromatic nitrogens is 4. The van der Waals surface area contributed by atoms with Gasteiger partial charge in [0.1, 0.15) is 0 Å². The van der Waals surface area contributed by atoms with Crippen molar-refractivity contribution in [3.63, 3.8) is 0 Å². The SMILES string of the molecule is COc1ccnc(N[C@@H]2CCCN(Cc3noc(C)n3)C2)n1. The number of hydrogen-bond donors (Lipinski definition) is 1. The second-order valence-electron chi connectivity index (χ2n) is 5.37. The van der Waals surface area contributed by atoms with Crippen LogP contribution in [0.3, 0.4) is 0 Å². The van der Waals surface area contributed by atoms with Crippen LogP contribution in [0, 0.1) is 6.92 Å². The molecule has 0 spiro atoms. The Morgan fingerprint density at radius 3 is 3.14 bits per heavy atom. The van der Waals surface area contributed by atoms with E-state index >= 15 is 0 Å². The van der Waals surface area contributed by atoms with E-state index in [4.69, 9.17) is 9.26 Å². The summed E-state index contributed by atoms with van der Waals surface area (Å²) in [5.41, 5.74) is 0. The quantitative estimate of drug-likeness (QED) is 0.883. The van der Waals surface area contributed by atoms with Crippen LogP contribution in [-0.4, -0.2) is 51.2 Å². The summed E-state index contributed by atoms with van der Waals surface area (Å²) in [5.74, 6) is 2.50. The molecule has 2 aromatic heterocycles. The minimum absolute atomic E-state index is 0.300. The van der Waals surface area contributed by atoms with Crippen molar-refractivity contribution < 1.29 is 9.26 Å². The summed E-state index contributed by atoms with van der Waals surface area (Å²) in [6, 6.07) is 2.03. The van der Waals surface area contributed by atoms with E-state index in [0.29, 0.717) is 30.3 Å². The molecule has 2 aromatic rings. The van der Waals surface area contributed by atoms with Gasteiger partial charge < -0.3 is 14.6 Å². The molecule has 0 amide bonds. The highest BCUT2D eigenvalue weighted by Gasteiger charge is 2.22. The van der Waals surface area contributed by atoms with Gasteiger partial charge in [-0.25, -0.2) is 4.98 Å². The number of methoxy groups -OCH3 is 1. The van der Waals surface area contributed by atoms with E-state index in [0.717, 1.165) is 31.8 Å². The molecule has 1 fully saturated rings. The molecule has 0 unspecified atom stereocenters. The predicted octanol–water partition coefficient (Wildman–Crippen LogP) is 1.25. The summed E-state index contributed by atoms with van der Waals surface area (Å²) in [6.45, 7) is 4.44. The molecular formula is C14H20N6O2. The third-order valence-corrected chi connectivity index (χ3v) is 3.61. The molecule has 3 rings (SSSR count). The zero-order valence-corrected chi connectivity index (χ0v) is 12.8. The van der Waals surface area contributed by atoms with Crippen molar-refractivity contribution in [1.29, 1.82) is 0 Å². The van der Waals surface area contributed by atoms with E-state index in [2.05, 4.69) is 30.3 Å². The number of nitrogens with zero attached hydrogens (tertiary/aromatic N) is 5. The first-order valence-corrected chi connectivity index (χ1v) is 7.38. The predicted molar refractivity (Wildman–Crippen MR) is 79.5 cm³/mol. The lowest BCUT2D eigenvalue weighted by Crippen LogP contribution is -2.42. The maximum Gasteiger partial charge on any atom is 0.226 e. The van der Waals surface area contributed by atoms with Gasteiger partial charge in [0.2, 0.25) is 17.7 Å². The van der Waals surface area contributed by atoms with Gasteiger partial charge in [-0.2, -0.15) is 9.97 Å². The molecule has 22 heavy (non-hydrogen) atoms. The molecule has 0 radical (unpaired) electrons. The van der Waals surface area contributed by atoms with Crippen LogP contribution in [0.15, 0.2) is 16.8 Å². The Morgan fingerprint density at radius 2 is 2.36 bits per heavy atom. The summed E-state index contributed by atoms with van der Waals surface area (Å²) in [4.78, 5) is 15.1. The number of aryl methyl sites for hydroxylation is 1. The van der Waals surface area contributed by atoms with Crippen LogP contribution in [0.2, 0.25) is 0 Å². The molecule has 1 N–H and O–H groups in total. The normalized spacial score (nSPS) is 19.1. The molecule has 8 heteroatoms. The number of piperidine rings is 1. The van der Waals surface area contributed by atoms with Crippen molar-refractivity contribution in [1.82, 2.24) is 25.0 Å².